The molecule has 0 radical (unpaired) electrons. The Kier molecular flexibility index (Phi) is 3.74. The number of pyridine rings is 1. The minimum Gasteiger partial charge on any atom is -0.380 e. The highest BCUT2D eigenvalue weighted by Crippen LogP contribution is 2.17. The largest absolute Gasteiger partial charge is 0.380 e. The fourth-order valence-electron chi connectivity index (χ4n) is 1.45. The molecule has 0 saturated carbocycles. The standard InChI is InChI=1S/C13H12BrFN2/c1-9-2-4-12(8-16-9)17-7-10-6-11(14)3-5-13(10)15/h2-6,8,17H,7H2,1H3. The molecule has 4 heteroatoms. The van der Waals surface area contributed by atoms with Crippen LogP contribution in [0.1, 0.15) is 11.3 Å². The lowest BCUT2D eigenvalue weighted by molar-refractivity contribution is 0.612. The van der Waals surface area contributed by atoms with Crippen LogP contribution >= 0.6 is 15.9 Å². The molecule has 2 nitrogen and oxygen atoms in total. The molecule has 2 rings (SSSR count). The molecule has 0 unspecified atom stereocenters. The summed E-state index contributed by atoms with van der Waals surface area (Å²) in [5.41, 5.74) is 2.47. The molecule has 0 fully saturated rings. The molecular formula is C13H12BrFN2. The van der Waals surface area contributed by atoms with Crippen molar-refractivity contribution in [3.63, 3.8) is 0 Å². The number of rotatable bonds is 3. The molecule has 0 aliphatic rings. The van der Waals surface area contributed by atoms with Gasteiger partial charge in [-0.05, 0) is 37.3 Å². The van der Waals surface area contributed by atoms with E-state index in [1.54, 1.807) is 18.3 Å². The van der Waals surface area contributed by atoms with Crippen LogP contribution in [0, 0.1) is 12.7 Å². The van der Waals surface area contributed by atoms with Crippen LogP contribution in [0.2, 0.25) is 0 Å². The third kappa shape index (κ3) is 3.27. The first-order valence-corrected chi connectivity index (χ1v) is 6.05. The van der Waals surface area contributed by atoms with E-state index in [0.717, 1.165) is 15.9 Å². The van der Waals surface area contributed by atoms with Gasteiger partial charge in [0.1, 0.15) is 5.82 Å². The van der Waals surface area contributed by atoms with Gasteiger partial charge in [-0.3, -0.25) is 4.98 Å². The maximum atomic E-state index is 13.5. The number of anilines is 1. The molecule has 0 aliphatic carbocycles. The van der Waals surface area contributed by atoms with E-state index in [-0.39, 0.29) is 5.82 Å². The first kappa shape index (κ1) is 12.0. The van der Waals surface area contributed by atoms with Crippen LogP contribution in [0.4, 0.5) is 10.1 Å². The van der Waals surface area contributed by atoms with Crippen molar-refractivity contribution >= 4 is 21.6 Å². The van der Waals surface area contributed by atoms with Gasteiger partial charge in [-0.15, -0.1) is 0 Å². The maximum Gasteiger partial charge on any atom is 0.128 e. The molecule has 1 N–H and O–H groups in total. The average molecular weight is 295 g/mol. The van der Waals surface area contributed by atoms with Crippen LogP contribution in [0.3, 0.4) is 0 Å². The van der Waals surface area contributed by atoms with Gasteiger partial charge in [0, 0.05) is 22.3 Å². The fourth-order valence-corrected chi connectivity index (χ4v) is 1.86. The zero-order valence-corrected chi connectivity index (χ0v) is 11.0. The molecule has 0 amide bonds. The minimum atomic E-state index is -0.208. The lowest BCUT2D eigenvalue weighted by Crippen LogP contribution is -2.02. The summed E-state index contributed by atoms with van der Waals surface area (Å²) in [6.07, 6.45) is 1.74. The van der Waals surface area contributed by atoms with E-state index < -0.39 is 0 Å². The van der Waals surface area contributed by atoms with Gasteiger partial charge in [-0.25, -0.2) is 4.39 Å². The molecule has 0 spiro atoms. The highest BCUT2D eigenvalue weighted by Gasteiger charge is 2.02. The first-order valence-electron chi connectivity index (χ1n) is 5.25. The molecule has 0 bridgehead atoms. The Bertz CT molecular complexity index is 511. The lowest BCUT2D eigenvalue weighted by atomic mass is 10.2. The Labute approximate surface area is 108 Å². The average Bonchev–Trinajstić information content (AvgIpc) is 2.32. The Balaban J connectivity index is 2.07. The highest BCUT2D eigenvalue weighted by molar-refractivity contribution is 9.10. The summed E-state index contributed by atoms with van der Waals surface area (Å²) in [5, 5.41) is 3.13. The number of halogens is 2. The van der Waals surface area contributed by atoms with E-state index in [0.29, 0.717) is 12.1 Å². The predicted octanol–water partition coefficient (Wildman–Crippen LogP) is 3.90. The molecule has 0 saturated heterocycles. The number of nitrogens with one attached hydrogen (secondary N) is 1. The van der Waals surface area contributed by atoms with Crippen LogP contribution in [-0.2, 0) is 6.54 Å². The van der Waals surface area contributed by atoms with Gasteiger partial charge in [-0.1, -0.05) is 15.9 Å². The van der Waals surface area contributed by atoms with Crippen LogP contribution in [0.25, 0.3) is 0 Å². The van der Waals surface area contributed by atoms with Gasteiger partial charge < -0.3 is 5.32 Å². The van der Waals surface area contributed by atoms with E-state index in [9.17, 15) is 4.39 Å². The summed E-state index contributed by atoms with van der Waals surface area (Å²) in [4.78, 5) is 4.17. The van der Waals surface area contributed by atoms with Crippen LogP contribution in [-0.4, -0.2) is 4.98 Å². The third-order valence-corrected chi connectivity index (χ3v) is 2.90. The summed E-state index contributed by atoms with van der Waals surface area (Å²) in [7, 11) is 0. The van der Waals surface area contributed by atoms with E-state index in [1.165, 1.54) is 6.07 Å². The van der Waals surface area contributed by atoms with E-state index >= 15 is 0 Å². The number of aryl methyl sites for hydroxylation is 1. The molecule has 2 aromatic rings. The zero-order valence-electron chi connectivity index (χ0n) is 9.37. The number of nitrogens with zero attached hydrogens (tertiary/aromatic N) is 1. The first-order chi connectivity index (χ1) is 8.15. The number of hydrogen-bond donors (Lipinski definition) is 1. The second kappa shape index (κ2) is 5.27. The maximum absolute atomic E-state index is 13.5. The smallest absolute Gasteiger partial charge is 0.128 e. The van der Waals surface area contributed by atoms with Gasteiger partial charge in [0.25, 0.3) is 0 Å². The molecular weight excluding hydrogens is 283 g/mol. The summed E-state index contributed by atoms with van der Waals surface area (Å²) in [6.45, 7) is 2.37. The molecule has 17 heavy (non-hydrogen) atoms. The second-order valence-corrected chi connectivity index (χ2v) is 4.69. The topological polar surface area (TPSA) is 24.9 Å². The lowest BCUT2D eigenvalue weighted by Gasteiger charge is -2.07. The van der Waals surface area contributed by atoms with Crippen molar-refractivity contribution in [2.24, 2.45) is 0 Å². The van der Waals surface area contributed by atoms with Crippen molar-refractivity contribution in [2.45, 2.75) is 13.5 Å². The van der Waals surface area contributed by atoms with Gasteiger partial charge in [0.05, 0.1) is 11.9 Å². The van der Waals surface area contributed by atoms with Gasteiger partial charge in [0.2, 0.25) is 0 Å². The number of hydrogen-bond acceptors (Lipinski definition) is 2. The van der Waals surface area contributed by atoms with Crippen molar-refractivity contribution in [3.05, 3.63) is 58.1 Å². The van der Waals surface area contributed by atoms with Gasteiger partial charge >= 0.3 is 0 Å². The SMILES string of the molecule is Cc1ccc(NCc2cc(Br)ccc2F)cn1. The van der Waals surface area contributed by atoms with Crippen molar-refractivity contribution in [1.82, 2.24) is 4.98 Å². The zero-order chi connectivity index (χ0) is 12.3. The van der Waals surface area contributed by atoms with Crippen LogP contribution < -0.4 is 5.32 Å². The van der Waals surface area contributed by atoms with Crippen molar-refractivity contribution < 1.29 is 4.39 Å². The number of aromatic nitrogens is 1. The molecule has 1 heterocycles. The second-order valence-electron chi connectivity index (χ2n) is 3.78. The summed E-state index contributed by atoms with van der Waals surface area (Å²) in [5.74, 6) is -0.208. The summed E-state index contributed by atoms with van der Waals surface area (Å²) >= 11 is 3.33. The highest BCUT2D eigenvalue weighted by atomic mass is 79.9. The van der Waals surface area contributed by atoms with Gasteiger partial charge in [-0.2, -0.15) is 0 Å². The molecule has 88 valence electrons. The van der Waals surface area contributed by atoms with Crippen LogP contribution in [0.5, 0.6) is 0 Å². The minimum absolute atomic E-state index is 0.208. The number of benzene rings is 1. The van der Waals surface area contributed by atoms with E-state index in [4.69, 9.17) is 0 Å². The predicted molar refractivity (Wildman–Crippen MR) is 70.4 cm³/mol. The Morgan fingerprint density at radius 3 is 2.82 bits per heavy atom. The van der Waals surface area contributed by atoms with Crippen molar-refractivity contribution in [2.75, 3.05) is 5.32 Å². The van der Waals surface area contributed by atoms with E-state index in [1.807, 2.05) is 19.1 Å². The van der Waals surface area contributed by atoms with Crippen molar-refractivity contribution in [1.29, 1.82) is 0 Å². The molecule has 1 aromatic carbocycles. The molecule has 0 aliphatic heterocycles. The normalized spacial score (nSPS) is 10.3. The molecule has 1 aromatic heterocycles. The Hall–Kier alpha value is -1.42. The quantitative estimate of drug-likeness (QED) is 0.928. The Morgan fingerprint density at radius 2 is 2.12 bits per heavy atom. The summed E-state index contributed by atoms with van der Waals surface area (Å²) < 4.78 is 14.3. The monoisotopic (exact) mass is 294 g/mol. The van der Waals surface area contributed by atoms with Gasteiger partial charge in [0.15, 0.2) is 0 Å². The fraction of sp³-hybridized carbons (Fsp3) is 0.154. The van der Waals surface area contributed by atoms with Crippen LogP contribution in [0.15, 0.2) is 41.0 Å². The van der Waals surface area contributed by atoms with Crippen molar-refractivity contribution in [3.8, 4) is 0 Å². The third-order valence-electron chi connectivity index (χ3n) is 2.40. The summed E-state index contributed by atoms with van der Waals surface area (Å²) in [6, 6.07) is 8.75. The van der Waals surface area contributed by atoms with E-state index in [2.05, 4.69) is 26.2 Å². The molecule has 0 atom stereocenters. The Morgan fingerprint density at radius 1 is 1.29 bits per heavy atom.